The van der Waals surface area contributed by atoms with Crippen molar-refractivity contribution in [1.29, 1.82) is 0 Å². The lowest BCUT2D eigenvalue weighted by Crippen LogP contribution is -2.29. The summed E-state index contributed by atoms with van der Waals surface area (Å²) in [5, 5.41) is 3.73. The molecule has 2 aromatic rings. The summed E-state index contributed by atoms with van der Waals surface area (Å²) in [5.74, 6) is -0.758. The molecular weight excluding hydrogens is 424 g/mol. The predicted molar refractivity (Wildman–Crippen MR) is 121 cm³/mol. The van der Waals surface area contributed by atoms with Crippen molar-refractivity contribution < 1.29 is 19.1 Å². The van der Waals surface area contributed by atoms with Gasteiger partial charge in [0.15, 0.2) is 0 Å². The van der Waals surface area contributed by atoms with Gasteiger partial charge >= 0.3 is 5.97 Å². The Morgan fingerprint density at radius 1 is 1.20 bits per heavy atom. The number of benzene rings is 1. The molecule has 0 aliphatic carbocycles. The first kappa shape index (κ1) is 23.9. The van der Waals surface area contributed by atoms with Crippen LogP contribution in [0.25, 0.3) is 0 Å². The highest BCUT2D eigenvalue weighted by Gasteiger charge is 2.20. The molecule has 0 saturated heterocycles. The van der Waals surface area contributed by atoms with Crippen LogP contribution in [-0.4, -0.2) is 41.9 Å². The quantitative estimate of drug-likeness (QED) is 0.591. The second kappa shape index (κ2) is 10.1. The minimum Gasteiger partial charge on any atom is -0.460 e. The van der Waals surface area contributed by atoms with E-state index >= 15 is 0 Å². The average molecular weight is 451 g/mol. The molecule has 30 heavy (non-hydrogen) atoms. The molecule has 6 nitrogen and oxygen atoms in total. The first-order valence-electron chi connectivity index (χ1n) is 9.61. The molecule has 0 aliphatic heterocycles. The second-order valence-corrected chi connectivity index (χ2v) is 9.43. The molecule has 2 amide bonds. The molecule has 162 valence electrons. The number of ether oxygens (including phenoxy) is 1. The molecule has 0 atom stereocenters. The van der Waals surface area contributed by atoms with E-state index in [1.807, 2.05) is 27.7 Å². The van der Waals surface area contributed by atoms with Gasteiger partial charge in [0.1, 0.15) is 5.60 Å². The van der Waals surface area contributed by atoms with E-state index in [0.29, 0.717) is 33.4 Å². The molecule has 8 heteroatoms. The van der Waals surface area contributed by atoms with Crippen LogP contribution in [0.3, 0.4) is 0 Å². The second-order valence-electron chi connectivity index (χ2n) is 7.97. The number of anilines is 1. The zero-order chi connectivity index (χ0) is 22.5. The highest BCUT2D eigenvalue weighted by Crippen LogP contribution is 2.29. The summed E-state index contributed by atoms with van der Waals surface area (Å²) in [6.45, 7) is 7.72. The molecule has 0 saturated carbocycles. The lowest BCUT2D eigenvalue weighted by Gasteiger charge is -2.20. The first-order valence-corrected chi connectivity index (χ1v) is 10.8. The van der Waals surface area contributed by atoms with E-state index in [1.165, 1.54) is 11.3 Å². The Kier molecular flexibility index (Phi) is 8.03. The summed E-state index contributed by atoms with van der Waals surface area (Å²) in [6, 6.07) is 8.55. The highest BCUT2D eigenvalue weighted by molar-refractivity contribution is 7.18. The zero-order valence-corrected chi connectivity index (χ0v) is 19.4. The van der Waals surface area contributed by atoms with Crippen LogP contribution in [0.4, 0.5) is 5.00 Å². The van der Waals surface area contributed by atoms with Crippen LogP contribution >= 0.6 is 22.9 Å². The van der Waals surface area contributed by atoms with Crippen molar-refractivity contribution in [3.8, 4) is 0 Å². The third-order valence-electron chi connectivity index (χ3n) is 4.11. The smallest absolute Gasteiger partial charge is 0.306 e. The predicted octanol–water partition coefficient (Wildman–Crippen LogP) is 5.16. The van der Waals surface area contributed by atoms with Crippen molar-refractivity contribution in [1.82, 2.24) is 4.90 Å². The molecule has 0 spiro atoms. The van der Waals surface area contributed by atoms with Gasteiger partial charge in [0, 0.05) is 20.0 Å². The minimum atomic E-state index is -0.516. The van der Waals surface area contributed by atoms with E-state index in [-0.39, 0.29) is 24.2 Å². The standard InChI is InChI=1S/C22H27ClN2O4S/c1-14-13-17(24-20(27)15-9-6-7-10-16(15)23)30-19(14)21(28)25(5)12-8-11-18(26)29-22(2,3)4/h6-7,9-10,13H,8,11-12H2,1-5H3,(H,24,27). The van der Waals surface area contributed by atoms with Crippen LogP contribution in [0.2, 0.25) is 5.02 Å². The lowest BCUT2D eigenvalue weighted by molar-refractivity contribution is -0.154. The summed E-state index contributed by atoms with van der Waals surface area (Å²) in [4.78, 5) is 39.1. The molecule has 1 N–H and O–H groups in total. The van der Waals surface area contributed by atoms with Gasteiger partial charge in [-0.15, -0.1) is 11.3 Å². The summed E-state index contributed by atoms with van der Waals surface area (Å²) in [6.07, 6.45) is 0.759. The number of rotatable bonds is 7. The highest BCUT2D eigenvalue weighted by atomic mass is 35.5. The van der Waals surface area contributed by atoms with E-state index in [4.69, 9.17) is 16.3 Å². The van der Waals surface area contributed by atoms with E-state index in [1.54, 1.807) is 42.3 Å². The van der Waals surface area contributed by atoms with Crippen LogP contribution in [0.1, 0.15) is 59.2 Å². The maximum Gasteiger partial charge on any atom is 0.306 e. The summed E-state index contributed by atoms with van der Waals surface area (Å²) in [7, 11) is 1.69. The molecule has 0 unspecified atom stereocenters. The van der Waals surface area contributed by atoms with Gasteiger partial charge in [0.05, 0.1) is 20.5 Å². The van der Waals surface area contributed by atoms with Gasteiger partial charge in [0.2, 0.25) is 0 Å². The van der Waals surface area contributed by atoms with Gasteiger partial charge in [-0.25, -0.2) is 0 Å². The molecule has 0 fully saturated rings. The minimum absolute atomic E-state index is 0.153. The van der Waals surface area contributed by atoms with Crippen molar-refractivity contribution in [3.63, 3.8) is 0 Å². The molecular formula is C22H27ClN2O4S. The number of esters is 1. The summed E-state index contributed by atoms with van der Waals surface area (Å²) in [5.41, 5.74) is 0.633. The van der Waals surface area contributed by atoms with Crippen LogP contribution in [0.15, 0.2) is 30.3 Å². The Labute approximate surface area is 186 Å². The van der Waals surface area contributed by atoms with Gasteiger partial charge < -0.3 is 15.0 Å². The number of carbonyl (C=O) groups excluding carboxylic acids is 3. The fourth-order valence-electron chi connectivity index (χ4n) is 2.71. The monoisotopic (exact) mass is 450 g/mol. The molecule has 2 rings (SSSR count). The Hall–Kier alpha value is -2.38. The number of thiophene rings is 1. The fourth-order valence-corrected chi connectivity index (χ4v) is 3.99. The Morgan fingerprint density at radius 2 is 1.87 bits per heavy atom. The maximum atomic E-state index is 12.8. The van der Waals surface area contributed by atoms with E-state index in [0.717, 1.165) is 5.56 Å². The van der Waals surface area contributed by atoms with Crippen molar-refractivity contribution >= 4 is 45.7 Å². The Morgan fingerprint density at radius 3 is 2.50 bits per heavy atom. The number of halogens is 1. The van der Waals surface area contributed by atoms with Crippen molar-refractivity contribution in [2.24, 2.45) is 0 Å². The van der Waals surface area contributed by atoms with Crippen LogP contribution in [0, 0.1) is 6.92 Å². The first-order chi connectivity index (χ1) is 14.0. The number of nitrogens with one attached hydrogen (secondary N) is 1. The third-order valence-corrected chi connectivity index (χ3v) is 5.58. The number of amides is 2. The number of nitrogens with zero attached hydrogens (tertiary/aromatic N) is 1. The van der Waals surface area contributed by atoms with Crippen LogP contribution in [0.5, 0.6) is 0 Å². The van der Waals surface area contributed by atoms with E-state index < -0.39 is 5.60 Å². The molecule has 0 aliphatic rings. The van der Waals surface area contributed by atoms with Gasteiger partial charge in [0.25, 0.3) is 11.8 Å². The number of aryl methyl sites for hydroxylation is 1. The van der Waals surface area contributed by atoms with Gasteiger partial charge in [-0.05, 0) is 57.9 Å². The average Bonchev–Trinajstić information content (AvgIpc) is 2.99. The van der Waals surface area contributed by atoms with Crippen molar-refractivity contribution in [2.75, 3.05) is 18.9 Å². The fraction of sp³-hybridized carbons (Fsp3) is 0.409. The SMILES string of the molecule is Cc1cc(NC(=O)c2ccccc2Cl)sc1C(=O)N(C)CCCC(=O)OC(C)(C)C. The van der Waals surface area contributed by atoms with Gasteiger partial charge in [-0.3, -0.25) is 14.4 Å². The Balaban J connectivity index is 1.95. The summed E-state index contributed by atoms with van der Waals surface area (Å²) < 4.78 is 5.28. The van der Waals surface area contributed by atoms with Gasteiger partial charge in [-0.1, -0.05) is 23.7 Å². The molecule has 0 radical (unpaired) electrons. The normalized spacial score (nSPS) is 11.1. The zero-order valence-electron chi connectivity index (χ0n) is 17.9. The summed E-state index contributed by atoms with van der Waals surface area (Å²) >= 11 is 7.28. The number of hydrogen-bond donors (Lipinski definition) is 1. The molecule has 1 aromatic heterocycles. The molecule has 1 aromatic carbocycles. The molecule has 0 bridgehead atoms. The van der Waals surface area contributed by atoms with Crippen LogP contribution < -0.4 is 5.32 Å². The van der Waals surface area contributed by atoms with Crippen molar-refractivity contribution in [2.45, 2.75) is 46.1 Å². The Bertz CT molecular complexity index is 933. The van der Waals surface area contributed by atoms with Gasteiger partial charge in [-0.2, -0.15) is 0 Å². The topological polar surface area (TPSA) is 75.7 Å². The van der Waals surface area contributed by atoms with Crippen molar-refractivity contribution in [3.05, 3.63) is 51.4 Å². The third kappa shape index (κ3) is 6.85. The largest absolute Gasteiger partial charge is 0.460 e. The van der Waals surface area contributed by atoms with E-state index in [9.17, 15) is 14.4 Å². The van der Waals surface area contributed by atoms with Crippen LogP contribution in [-0.2, 0) is 9.53 Å². The number of hydrogen-bond acceptors (Lipinski definition) is 5. The maximum absolute atomic E-state index is 12.8. The molecule has 1 heterocycles. The number of carbonyl (C=O) groups is 3. The van der Waals surface area contributed by atoms with E-state index in [2.05, 4.69) is 5.32 Å². The lowest BCUT2D eigenvalue weighted by atomic mass is 10.2.